The van der Waals surface area contributed by atoms with E-state index in [1.807, 2.05) is 0 Å². The van der Waals surface area contributed by atoms with E-state index < -0.39 is 0 Å². The number of hydrogen-bond donors (Lipinski definition) is 1. The smallest absolute Gasteiger partial charge is 0.223 e. The first kappa shape index (κ1) is 9.04. The van der Waals surface area contributed by atoms with Crippen molar-refractivity contribution in [3.05, 3.63) is 0 Å². The summed E-state index contributed by atoms with van der Waals surface area (Å²) in [5.41, 5.74) is 0.281. The number of amides is 1. The van der Waals surface area contributed by atoms with Gasteiger partial charge < -0.3 is 5.32 Å². The summed E-state index contributed by atoms with van der Waals surface area (Å²) in [6.45, 7) is 5.26. The fourth-order valence-electron chi connectivity index (χ4n) is 1.98. The number of rotatable bonds is 3. The highest BCUT2D eigenvalue weighted by molar-refractivity contribution is 5.82. The highest BCUT2D eigenvalue weighted by Crippen LogP contribution is 2.51. The zero-order valence-electron chi connectivity index (χ0n) is 8.60. The minimum absolute atomic E-state index is 0.281. The average molecular weight is 181 g/mol. The highest BCUT2D eigenvalue weighted by atomic mass is 16.2. The van der Waals surface area contributed by atoms with Crippen molar-refractivity contribution < 1.29 is 4.79 Å². The fraction of sp³-hybridized carbons (Fsp3) is 0.909. The van der Waals surface area contributed by atoms with Gasteiger partial charge in [0.2, 0.25) is 5.91 Å². The van der Waals surface area contributed by atoms with Gasteiger partial charge in [-0.2, -0.15) is 0 Å². The van der Waals surface area contributed by atoms with Crippen molar-refractivity contribution >= 4 is 5.91 Å². The summed E-state index contributed by atoms with van der Waals surface area (Å²) >= 11 is 0. The molecule has 2 aliphatic carbocycles. The van der Waals surface area contributed by atoms with Crippen LogP contribution in [0.15, 0.2) is 0 Å². The Kier molecular flexibility index (Phi) is 2.09. The van der Waals surface area contributed by atoms with Crippen LogP contribution in [0.4, 0.5) is 0 Å². The van der Waals surface area contributed by atoms with E-state index in [0.29, 0.717) is 5.92 Å². The van der Waals surface area contributed by atoms with Gasteiger partial charge in [-0.15, -0.1) is 0 Å². The van der Waals surface area contributed by atoms with Gasteiger partial charge in [0.1, 0.15) is 0 Å². The Morgan fingerprint density at radius 2 is 2.08 bits per heavy atom. The molecule has 1 atom stereocenters. The third-order valence-corrected chi connectivity index (χ3v) is 3.62. The second-order valence-corrected chi connectivity index (χ2v) is 5.29. The molecule has 0 bridgehead atoms. The van der Waals surface area contributed by atoms with Crippen LogP contribution in [0.1, 0.15) is 39.5 Å². The quantitative estimate of drug-likeness (QED) is 0.708. The maximum absolute atomic E-state index is 11.6. The minimum atomic E-state index is 0.281. The summed E-state index contributed by atoms with van der Waals surface area (Å²) in [5, 5.41) is 3.06. The van der Waals surface area contributed by atoms with E-state index in [0.717, 1.165) is 18.9 Å². The molecule has 2 aliphatic rings. The predicted molar refractivity (Wildman–Crippen MR) is 52.2 cm³/mol. The zero-order valence-corrected chi connectivity index (χ0v) is 8.60. The first-order valence-electron chi connectivity index (χ1n) is 5.37. The van der Waals surface area contributed by atoms with Crippen molar-refractivity contribution in [1.82, 2.24) is 5.32 Å². The monoisotopic (exact) mass is 181 g/mol. The first-order valence-corrected chi connectivity index (χ1v) is 5.37. The van der Waals surface area contributed by atoms with Gasteiger partial charge in [0.15, 0.2) is 0 Å². The summed E-state index contributed by atoms with van der Waals surface area (Å²) in [5.74, 6) is 1.37. The van der Waals surface area contributed by atoms with E-state index in [4.69, 9.17) is 0 Å². The van der Waals surface area contributed by atoms with Crippen molar-refractivity contribution in [3.8, 4) is 0 Å². The molecule has 1 N–H and O–H groups in total. The van der Waals surface area contributed by atoms with E-state index >= 15 is 0 Å². The van der Waals surface area contributed by atoms with Gasteiger partial charge in [-0.05, 0) is 30.6 Å². The van der Waals surface area contributed by atoms with Crippen LogP contribution in [0.25, 0.3) is 0 Å². The van der Waals surface area contributed by atoms with E-state index in [1.165, 1.54) is 19.3 Å². The summed E-state index contributed by atoms with van der Waals surface area (Å²) in [6, 6.07) is 0. The van der Waals surface area contributed by atoms with Crippen LogP contribution in [0.5, 0.6) is 0 Å². The first-order chi connectivity index (χ1) is 6.09. The largest absolute Gasteiger partial charge is 0.356 e. The molecule has 0 heterocycles. The van der Waals surface area contributed by atoms with E-state index in [2.05, 4.69) is 19.2 Å². The normalized spacial score (nSPS) is 30.8. The van der Waals surface area contributed by atoms with Crippen LogP contribution in [-0.2, 0) is 4.79 Å². The molecule has 13 heavy (non-hydrogen) atoms. The molecule has 0 aromatic rings. The Balaban J connectivity index is 1.67. The molecule has 2 fully saturated rings. The molecule has 0 saturated heterocycles. The molecule has 0 aliphatic heterocycles. The Hall–Kier alpha value is -0.530. The van der Waals surface area contributed by atoms with Crippen molar-refractivity contribution in [2.45, 2.75) is 39.5 Å². The molecule has 2 heteroatoms. The summed E-state index contributed by atoms with van der Waals surface area (Å²) in [7, 11) is 0. The van der Waals surface area contributed by atoms with E-state index in [1.54, 1.807) is 0 Å². The predicted octanol–water partition coefficient (Wildman–Crippen LogP) is 1.95. The average Bonchev–Trinajstić information content (AvgIpc) is 2.56. The topological polar surface area (TPSA) is 29.1 Å². The molecule has 0 spiro atoms. The van der Waals surface area contributed by atoms with Crippen LogP contribution in [-0.4, -0.2) is 12.5 Å². The summed E-state index contributed by atoms with van der Waals surface area (Å²) < 4.78 is 0. The van der Waals surface area contributed by atoms with Crippen LogP contribution >= 0.6 is 0 Å². The van der Waals surface area contributed by atoms with Gasteiger partial charge in [0.05, 0.1) is 0 Å². The summed E-state index contributed by atoms with van der Waals surface area (Å²) in [6.07, 6.45) is 5.06. The minimum Gasteiger partial charge on any atom is -0.356 e. The van der Waals surface area contributed by atoms with Crippen molar-refractivity contribution in [2.75, 3.05) is 6.54 Å². The maximum Gasteiger partial charge on any atom is 0.223 e. The van der Waals surface area contributed by atoms with Crippen LogP contribution in [0.3, 0.4) is 0 Å². The van der Waals surface area contributed by atoms with Crippen molar-refractivity contribution in [2.24, 2.45) is 17.3 Å². The Morgan fingerprint density at radius 3 is 2.46 bits per heavy atom. The van der Waals surface area contributed by atoms with Crippen LogP contribution in [0, 0.1) is 17.3 Å². The second kappa shape index (κ2) is 3.00. The van der Waals surface area contributed by atoms with Gasteiger partial charge in [-0.1, -0.05) is 20.3 Å². The number of carbonyl (C=O) groups excluding carboxylic acids is 1. The van der Waals surface area contributed by atoms with Crippen LogP contribution in [0.2, 0.25) is 0 Å². The molecule has 0 radical (unpaired) electrons. The molecule has 74 valence electrons. The lowest BCUT2D eigenvalue weighted by Gasteiger charge is -2.25. The molecule has 2 rings (SSSR count). The van der Waals surface area contributed by atoms with Gasteiger partial charge in [0, 0.05) is 12.5 Å². The SMILES string of the molecule is CC1(C)CC1C(=O)NCC1CCC1. The Labute approximate surface area is 80.1 Å². The lowest BCUT2D eigenvalue weighted by atomic mass is 9.85. The zero-order chi connectivity index (χ0) is 9.47. The maximum atomic E-state index is 11.6. The molecule has 1 amide bonds. The molecular weight excluding hydrogens is 162 g/mol. The van der Waals surface area contributed by atoms with Crippen molar-refractivity contribution in [3.63, 3.8) is 0 Å². The second-order valence-electron chi connectivity index (χ2n) is 5.29. The standard InChI is InChI=1S/C11H19NO/c1-11(2)6-9(11)10(13)12-7-8-4-3-5-8/h8-9H,3-7H2,1-2H3,(H,12,13). The fourth-order valence-corrected chi connectivity index (χ4v) is 1.98. The van der Waals surface area contributed by atoms with Gasteiger partial charge in [-0.25, -0.2) is 0 Å². The third kappa shape index (κ3) is 1.87. The van der Waals surface area contributed by atoms with Crippen molar-refractivity contribution in [1.29, 1.82) is 0 Å². The lowest BCUT2D eigenvalue weighted by Crippen LogP contribution is -2.33. The molecule has 2 nitrogen and oxygen atoms in total. The Bertz CT molecular complexity index is 218. The molecular formula is C11H19NO. The number of carbonyl (C=O) groups is 1. The third-order valence-electron chi connectivity index (χ3n) is 3.62. The molecule has 2 saturated carbocycles. The van der Waals surface area contributed by atoms with Gasteiger partial charge >= 0.3 is 0 Å². The summed E-state index contributed by atoms with van der Waals surface area (Å²) in [4.78, 5) is 11.6. The highest BCUT2D eigenvalue weighted by Gasteiger charge is 2.50. The lowest BCUT2D eigenvalue weighted by molar-refractivity contribution is -0.123. The number of hydrogen-bond acceptors (Lipinski definition) is 1. The van der Waals surface area contributed by atoms with E-state index in [9.17, 15) is 4.79 Å². The molecule has 0 aromatic heterocycles. The molecule has 0 aromatic carbocycles. The van der Waals surface area contributed by atoms with Gasteiger partial charge in [-0.3, -0.25) is 4.79 Å². The Morgan fingerprint density at radius 1 is 1.46 bits per heavy atom. The van der Waals surface area contributed by atoms with Gasteiger partial charge in [0.25, 0.3) is 0 Å². The molecule has 1 unspecified atom stereocenters. The van der Waals surface area contributed by atoms with E-state index in [-0.39, 0.29) is 11.3 Å². The van der Waals surface area contributed by atoms with Crippen LogP contribution < -0.4 is 5.32 Å². The number of nitrogens with one attached hydrogen (secondary N) is 1.